The Morgan fingerprint density at radius 2 is 1.79 bits per heavy atom. The summed E-state index contributed by atoms with van der Waals surface area (Å²) in [7, 11) is 3.07. The van der Waals surface area contributed by atoms with Crippen molar-refractivity contribution in [3.8, 4) is 22.8 Å². The molecule has 10 heteroatoms. The number of fused-ring (bicyclic) bond motifs is 1. The summed E-state index contributed by atoms with van der Waals surface area (Å²) < 4.78 is 19.1. The van der Waals surface area contributed by atoms with Gasteiger partial charge in [-0.3, -0.25) is 4.79 Å². The molecule has 0 saturated heterocycles. The third-order valence-corrected chi connectivity index (χ3v) is 4.96. The molecular formula is C19H24ClN3O6. The summed E-state index contributed by atoms with van der Waals surface area (Å²) in [5.41, 5.74) is 1.18. The minimum absolute atomic E-state index is 0.107. The van der Waals surface area contributed by atoms with Crippen molar-refractivity contribution in [2.75, 3.05) is 33.9 Å². The van der Waals surface area contributed by atoms with Crippen LogP contribution >= 0.6 is 11.6 Å². The number of aromatic nitrogens is 2. The van der Waals surface area contributed by atoms with Gasteiger partial charge in [0.25, 0.3) is 5.56 Å². The topological polar surface area (TPSA) is 84.2 Å². The molecular weight excluding hydrogens is 402 g/mol. The molecule has 1 aromatic carbocycles. The number of hydrogen-bond acceptors (Lipinski definition) is 7. The molecule has 29 heavy (non-hydrogen) atoms. The van der Waals surface area contributed by atoms with E-state index in [1.807, 2.05) is 6.92 Å². The fraction of sp³-hybridized carbons (Fsp3) is 0.474. The standard InChI is InChI=1S/C19H24ClN3O6/c1-5-28-19(25)29-18-16(15-12(2)10-13(20)11-14(15)26-3)17(24)22-8-6-21(27-4)7-9-23(18)22/h10-11H,5-9H2,1-4H3. The molecule has 1 aromatic heterocycles. The zero-order valence-corrected chi connectivity index (χ0v) is 17.6. The second kappa shape index (κ2) is 8.89. The Hall–Kier alpha value is -2.49. The number of aryl methyl sites for hydroxylation is 1. The molecule has 2 aromatic rings. The fourth-order valence-electron chi connectivity index (χ4n) is 3.46. The lowest BCUT2D eigenvalue weighted by Crippen LogP contribution is -2.27. The molecule has 0 radical (unpaired) electrons. The third kappa shape index (κ3) is 4.12. The largest absolute Gasteiger partial charge is 0.515 e. The van der Waals surface area contributed by atoms with E-state index in [-0.39, 0.29) is 23.6 Å². The number of benzene rings is 1. The zero-order chi connectivity index (χ0) is 21.1. The molecule has 9 nitrogen and oxygen atoms in total. The predicted molar refractivity (Wildman–Crippen MR) is 107 cm³/mol. The Morgan fingerprint density at radius 3 is 2.41 bits per heavy atom. The van der Waals surface area contributed by atoms with E-state index in [1.54, 1.807) is 35.9 Å². The first-order chi connectivity index (χ1) is 13.9. The maximum absolute atomic E-state index is 13.4. The summed E-state index contributed by atoms with van der Waals surface area (Å²) in [6, 6.07) is 3.35. The molecule has 0 spiro atoms. The molecule has 0 saturated carbocycles. The van der Waals surface area contributed by atoms with Gasteiger partial charge in [0.2, 0.25) is 5.88 Å². The SMILES string of the molecule is CCOC(=O)Oc1c(-c2c(C)cc(Cl)cc2OC)c(=O)n2n1CCN(OC)CC2. The Labute approximate surface area is 173 Å². The first-order valence-electron chi connectivity index (χ1n) is 9.23. The molecule has 1 aliphatic rings. The summed E-state index contributed by atoms with van der Waals surface area (Å²) in [6.07, 6.45) is -0.881. The number of halogens is 1. The van der Waals surface area contributed by atoms with Crippen molar-refractivity contribution < 1.29 is 23.8 Å². The number of rotatable bonds is 5. The quantitative estimate of drug-likeness (QED) is 0.681. The molecule has 158 valence electrons. The summed E-state index contributed by atoms with van der Waals surface area (Å²) in [4.78, 5) is 30.8. The highest BCUT2D eigenvalue weighted by molar-refractivity contribution is 6.31. The van der Waals surface area contributed by atoms with Crippen LogP contribution in [0.15, 0.2) is 16.9 Å². The molecule has 3 rings (SSSR count). The number of ether oxygens (including phenoxy) is 3. The average molecular weight is 426 g/mol. The molecule has 0 unspecified atom stereocenters. The average Bonchev–Trinajstić information content (AvgIpc) is 2.83. The van der Waals surface area contributed by atoms with Gasteiger partial charge in [-0.05, 0) is 31.5 Å². The first kappa shape index (κ1) is 21.2. The molecule has 0 aliphatic carbocycles. The van der Waals surface area contributed by atoms with Gasteiger partial charge in [-0.15, -0.1) is 0 Å². The van der Waals surface area contributed by atoms with Gasteiger partial charge in [0.05, 0.1) is 33.9 Å². The van der Waals surface area contributed by atoms with Gasteiger partial charge in [0.15, 0.2) is 0 Å². The van der Waals surface area contributed by atoms with Crippen LogP contribution in [0.4, 0.5) is 4.79 Å². The summed E-state index contributed by atoms with van der Waals surface area (Å²) >= 11 is 6.15. The maximum atomic E-state index is 13.4. The van der Waals surface area contributed by atoms with Gasteiger partial charge in [0.1, 0.15) is 11.3 Å². The Kier molecular flexibility index (Phi) is 6.51. The summed E-state index contributed by atoms with van der Waals surface area (Å²) in [5.74, 6) is 0.524. The number of nitrogens with zero attached hydrogens (tertiary/aromatic N) is 3. The predicted octanol–water partition coefficient (Wildman–Crippen LogP) is 2.70. The number of methoxy groups -OCH3 is 1. The van der Waals surface area contributed by atoms with Gasteiger partial charge in [0, 0.05) is 23.7 Å². The number of hydroxylamine groups is 2. The van der Waals surface area contributed by atoms with Crippen molar-refractivity contribution >= 4 is 17.8 Å². The van der Waals surface area contributed by atoms with Gasteiger partial charge in [-0.25, -0.2) is 14.2 Å². The van der Waals surface area contributed by atoms with Crippen molar-refractivity contribution in [3.05, 3.63) is 33.1 Å². The van der Waals surface area contributed by atoms with E-state index in [4.69, 9.17) is 30.6 Å². The minimum Gasteiger partial charge on any atom is -0.496 e. The van der Waals surface area contributed by atoms with Crippen molar-refractivity contribution in [1.82, 2.24) is 14.4 Å². The molecule has 0 amide bonds. The van der Waals surface area contributed by atoms with Crippen molar-refractivity contribution in [1.29, 1.82) is 0 Å². The van der Waals surface area contributed by atoms with Crippen LogP contribution in [0.25, 0.3) is 11.1 Å². The second-order valence-corrected chi connectivity index (χ2v) is 6.86. The van der Waals surface area contributed by atoms with Crippen molar-refractivity contribution in [2.45, 2.75) is 26.9 Å². The first-order valence-corrected chi connectivity index (χ1v) is 9.60. The maximum Gasteiger partial charge on any atom is 0.515 e. The smallest absolute Gasteiger partial charge is 0.496 e. The number of hydrogen-bond donors (Lipinski definition) is 0. The van der Waals surface area contributed by atoms with E-state index in [0.29, 0.717) is 42.5 Å². The van der Waals surface area contributed by atoms with Crippen LogP contribution in [-0.2, 0) is 22.7 Å². The normalized spacial score (nSPS) is 14.2. The second-order valence-electron chi connectivity index (χ2n) is 6.43. The van der Waals surface area contributed by atoms with Crippen LogP contribution in [0.5, 0.6) is 11.6 Å². The van der Waals surface area contributed by atoms with Crippen LogP contribution in [0.2, 0.25) is 5.02 Å². The van der Waals surface area contributed by atoms with Crippen LogP contribution < -0.4 is 15.0 Å². The lowest BCUT2D eigenvalue weighted by molar-refractivity contribution is -0.130. The summed E-state index contributed by atoms with van der Waals surface area (Å²) in [5, 5.41) is 2.22. The number of carbonyl (C=O) groups is 1. The molecule has 2 heterocycles. The van der Waals surface area contributed by atoms with Gasteiger partial charge < -0.3 is 19.0 Å². The van der Waals surface area contributed by atoms with Gasteiger partial charge in [-0.1, -0.05) is 11.6 Å². The van der Waals surface area contributed by atoms with E-state index in [1.165, 1.54) is 11.8 Å². The molecule has 0 atom stereocenters. The highest BCUT2D eigenvalue weighted by atomic mass is 35.5. The van der Waals surface area contributed by atoms with E-state index in [9.17, 15) is 9.59 Å². The van der Waals surface area contributed by atoms with E-state index in [0.717, 1.165) is 5.56 Å². The van der Waals surface area contributed by atoms with Gasteiger partial charge >= 0.3 is 6.16 Å². The van der Waals surface area contributed by atoms with E-state index in [2.05, 4.69) is 0 Å². The Bertz CT molecular complexity index is 968. The molecule has 0 bridgehead atoms. The molecule has 0 N–H and O–H groups in total. The van der Waals surface area contributed by atoms with Crippen molar-refractivity contribution in [3.63, 3.8) is 0 Å². The lowest BCUT2D eigenvalue weighted by atomic mass is 10.0. The highest BCUT2D eigenvalue weighted by Gasteiger charge is 2.30. The summed E-state index contributed by atoms with van der Waals surface area (Å²) in [6.45, 7) is 5.41. The monoisotopic (exact) mass is 425 g/mol. The Balaban J connectivity index is 2.23. The van der Waals surface area contributed by atoms with Crippen LogP contribution in [0.1, 0.15) is 12.5 Å². The third-order valence-electron chi connectivity index (χ3n) is 4.74. The van der Waals surface area contributed by atoms with E-state index >= 15 is 0 Å². The lowest BCUT2D eigenvalue weighted by Gasteiger charge is -2.16. The minimum atomic E-state index is -0.881. The van der Waals surface area contributed by atoms with Crippen LogP contribution in [-0.4, -0.2) is 54.5 Å². The zero-order valence-electron chi connectivity index (χ0n) is 16.9. The number of carbonyl (C=O) groups excluding carboxylic acids is 1. The fourth-order valence-corrected chi connectivity index (χ4v) is 3.72. The van der Waals surface area contributed by atoms with Crippen molar-refractivity contribution in [2.24, 2.45) is 0 Å². The highest BCUT2D eigenvalue weighted by Crippen LogP contribution is 2.39. The molecule has 1 aliphatic heterocycles. The Morgan fingerprint density at radius 1 is 1.10 bits per heavy atom. The van der Waals surface area contributed by atoms with E-state index < -0.39 is 6.16 Å². The molecule has 0 fully saturated rings. The van der Waals surface area contributed by atoms with Crippen LogP contribution in [0, 0.1) is 6.92 Å². The van der Waals surface area contributed by atoms with Crippen LogP contribution in [0.3, 0.4) is 0 Å². The van der Waals surface area contributed by atoms with Gasteiger partial charge in [-0.2, -0.15) is 5.06 Å².